The third kappa shape index (κ3) is 4.95. The highest BCUT2D eigenvalue weighted by molar-refractivity contribution is 7.93. The van der Waals surface area contributed by atoms with Crippen LogP contribution in [0.1, 0.15) is 12.5 Å². The van der Waals surface area contributed by atoms with E-state index in [4.69, 9.17) is 11.6 Å². The molecule has 30 heavy (non-hydrogen) atoms. The van der Waals surface area contributed by atoms with E-state index in [1.54, 1.807) is 23.7 Å². The van der Waals surface area contributed by atoms with Crippen molar-refractivity contribution in [2.75, 3.05) is 23.1 Å². The van der Waals surface area contributed by atoms with E-state index >= 15 is 0 Å². The van der Waals surface area contributed by atoms with E-state index in [9.17, 15) is 8.42 Å². The molecule has 0 radical (unpaired) electrons. The third-order valence-corrected chi connectivity index (χ3v) is 7.65. The topological polar surface area (TPSA) is 74.3 Å². The van der Waals surface area contributed by atoms with Crippen molar-refractivity contribution in [3.05, 3.63) is 70.7 Å². The Kier molecular flexibility index (Phi) is 6.29. The molecule has 2 atom stereocenters. The molecule has 2 aromatic carbocycles. The molecule has 1 aliphatic rings. The number of nitrogens with zero attached hydrogens (tertiary/aromatic N) is 2. The summed E-state index contributed by atoms with van der Waals surface area (Å²) < 4.78 is 27.6. The molecule has 158 valence electrons. The molecule has 1 aromatic heterocycles. The predicted octanol–water partition coefficient (Wildman–Crippen LogP) is 4.53. The Labute approximate surface area is 186 Å². The lowest BCUT2D eigenvalue weighted by Crippen LogP contribution is -2.28. The number of aromatic nitrogens is 1. The van der Waals surface area contributed by atoms with Gasteiger partial charge in [-0.2, -0.15) is 0 Å². The molecule has 3 aromatic rings. The Morgan fingerprint density at radius 3 is 2.70 bits per heavy atom. The van der Waals surface area contributed by atoms with E-state index < -0.39 is 10.0 Å². The number of benzene rings is 2. The zero-order valence-corrected chi connectivity index (χ0v) is 18.8. The number of hydrogen-bond acceptors (Lipinski definition) is 6. The summed E-state index contributed by atoms with van der Waals surface area (Å²) >= 11 is 7.65. The molecular formula is C21H23ClN4O2S2. The van der Waals surface area contributed by atoms with Crippen LogP contribution in [0.5, 0.6) is 0 Å². The van der Waals surface area contributed by atoms with Gasteiger partial charge in [0.1, 0.15) is 0 Å². The lowest BCUT2D eigenvalue weighted by atomic mass is 10.1. The summed E-state index contributed by atoms with van der Waals surface area (Å²) in [7, 11) is -3.73. The molecule has 1 fully saturated rings. The van der Waals surface area contributed by atoms with Gasteiger partial charge in [0.2, 0.25) is 0 Å². The first kappa shape index (κ1) is 21.1. The summed E-state index contributed by atoms with van der Waals surface area (Å²) in [5.41, 5.74) is 2.04. The summed E-state index contributed by atoms with van der Waals surface area (Å²) in [6, 6.07) is 15.4. The van der Waals surface area contributed by atoms with Crippen LogP contribution in [-0.4, -0.2) is 37.4 Å². The van der Waals surface area contributed by atoms with Crippen LogP contribution in [0.2, 0.25) is 5.02 Å². The van der Waals surface area contributed by atoms with Gasteiger partial charge in [0.15, 0.2) is 5.13 Å². The molecule has 6 nitrogen and oxygen atoms in total. The fraction of sp³-hybridized carbons (Fsp3) is 0.286. The maximum absolute atomic E-state index is 12.5. The number of likely N-dealkylation sites (tertiary alicyclic amines) is 1. The molecule has 0 saturated carbocycles. The molecule has 0 amide bonds. The Balaban J connectivity index is 1.42. The number of sulfonamides is 1. The standard InChI is InChI=1S/C21H23ClN4O2S2/c1-15-12-26(13-16-5-3-2-4-6-16)14-20(15)24-19-8-7-17(11-18(19)22)30(27,28)25-21-23-9-10-29-21/h2-11,15,20,24H,12-14H2,1H3,(H,23,25)/t15-,20+/m1/s1. The molecule has 2 N–H and O–H groups in total. The Bertz CT molecular complexity index is 1090. The van der Waals surface area contributed by atoms with Crippen molar-refractivity contribution >= 4 is 43.8 Å². The smallest absolute Gasteiger partial charge is 0.263 e. The van der Waals surface area contributed by atoms with Gasteiger partial charge in [-0.15, -0.1) is 11.3 Å². The number of rotatable bonds is 7. The second kappa shape index (κ2) is 8.93. The normalized spacial score (nSPS) is 19.7. The van der Waals surface area contributed by atoms with Crippen LogP contribution < -0.4 is 10.0 Å². The minimum Gasteiger partial charge on any atom is -0.379 e. The van der Waals surface area contributed by atoms with Crippen LogP contribution in [0.4, 0.5) is 10.8 Å². The molecule has 4 rings (SSSR count). The summed E-state index contributed by atoms with van der Waals surface area (Å²) in [4.78, 5) is 6.49. The highest BCUT2D eigenvalue weighted by Crippen LogP contribution is 2.30. The molecule has 0 aliphatic carbocycles. The average Bonchev–Trinajstić information content (AvgIpc) is 3.33. The largest absolute Gasteiger partial charge is 0.379 e. The van der Waals surface area contributed by atoms with Gasteiger partial charge in [-0.3, -0.25) is 9.62 Å². The average molecular weight is 463 g/mol. The van der Waals surface area contributed by atoms with Crippen molar-refractivity contribution in [3.8, 4) is 0 Å². The van der Waals surface area contributed by atoms with Crippen molar-refractivity contribution in [1.29, 1.82) is 0 Å². The number of thiazole rings is 1. The maximum Gasteiger partial charge on any atom is 0.263 e. The van der Waals surface area contributed by atoms with Gasteiger partial charge < -0.3 is 5.32 Å². The second-order valence-corrected chi connectivity index (χ2v) is 10.5. The molecule has 1 aliphatic heterocycles. The molecule has 9 heteroatoms. The van der Waals surface area contributed by atoms with Crippen LogP contribution >= 0.6 is 22.9 Å². The van der Waals surface area contributed by atoms with Crippen molar-refractivity contribution in [2.24, 2.45) is 5.92 Å². The number of halogens is 1. The third-order valence-electron chi connectivity index (χ3n) is 5.18. The van der Waals surface area contributed by atoms with Crippen molar-refractivity contribution in [1.82, 2.24) is 9.88 Å². The minimum atomic E-state index is -3.73. The van der Waals surface area contributed by atoms with Gasteiger partial charge >= 0.3 is 0 Å². The summed E-state index contributed by atoms with van der Waals surface area (Å²) in [6.07, 6.45) is 1.55. The molecule has 2 heterocycles. The number of anilines is 2. The van der Waals surface area contributed by atoms with Gasteiger partial charge in [0, 0.05) is 37.3 Å². The van der Waals surface area contributed by atoms with Crippen molar-refractivity contribution in [3.63, 3.8) is 0 Å². The summed E-state index contributed by atoms with van der Waals surface area (Å²) in [5.74, 6) is 0.444. The lowest BCUT2D eigenvalue weighted by molar-refractivity contribution is 0.319. The SMILES string of the molecule is C[C@@H]1CN(Cc2ccccc2)C[C@@H]1Nc1ccc(S(=O)(=O)Nc2nccs2)cc1Cl. The molecule has 0 unspecified atom stereocenters. The van der Waals surface area contributed by atoms with Crippen LogP contribution in [0, 0.1) is 5.92 Å². The fourth-order valence-electron chi connectivity index (χ4n) is 3.65. The molecule has 1 saturated heterocycles. The van der Waals surface area contributed by atoms with Crippen molar-refractivity contribution < 1.29 is 8.42 Å². The first-order valence-corrected chi connectivity index (χ1v) is 12.4. The van der Waals surface area contributed by atoms with Crippen LogP contribution in [0.3, 0.4) is 0 Å². The lowest BCUT2D eigenvalue weighted by Gasteiger charge is -2.20. The van der Waals surface area contributed by atoms with Gasteiger partial charge in [-0.05, 0) is 29.7 Å². The highest BCUT2D eigenvalue weighted by Gasteiger charge is 2.30. The maximum atomic E-state index is 12.5. The quantitative estimate of drug-likeness (QED) is 0.539. The monoisotopic (exact) mass is 462 g/mol. The Morgan fingerprint density at radius 2 is 2.00 bits per heavy atom. The van der Waals surface area contributed by atoms with E-state index in [1.807, 2.05) is 6.07 Å². The zero-order valence-electron chi connectivity index (χ0n) is 16.5. The van der Waals surface area contributed by atoms with Crippen LogP contribution in [-0.2, 0) is 16.6 Å². The second-order valence-electron chi connectivity index (χ2n) is 7.49. The summed E-state index contributed by atoms with van der Waals surface area (Å²) in [5, 5.41) is 5.92. The number of hydrogen-bond donors (Lipinski definition) is 2. The Morgan fingerprint density at radius 1 is 1.20 bits per heavy atom. The molecule has 0 spiro atoms. The van der Waals surface area contributed by atoms with Gasteiger partial charge in [0.05, 0.1) is 15.6 Å². The van der Waals surface area contributed by atoms with E-state index in [-0.39, 0.29) is 10.9 Å². The zero-order chi connectivity index (χ0) is 21.1. The van der Waals surface area contributed by atoms with E-state index in [2.05, 4.69) is 51.1 Å². The minimum absolute atomic E-state index is 0.110. The van der Waals surface area contributed by atoms with Crippen LogP contribution in [0.25, 0.3) is 0 Å². The predicted molar refractivity (Wildman–Crippen MR) is 123 cm³/mol. The fourth-order valence-corrected chi connectivity index (χ4v) is 5.77. The Hall–Kier alpha value is -2.13. The first-order chi connectivity index (χ1) is 14.4. The first-order valence-electron chi connectivity index (χ1n) is 9.65. The number of nitrogens with one attached hydrogen (secondary N) is 2. The van der Waals surface area contributed by atoms with Crippen LogP contribution in [0.15, 0.2) is 65.0 Å². The highest BCUT2D eigenvalue weighted by atomic mass is 35.5. The van der Waals surface area contributed by atoms with Gasteiger partial charge in [-0.25, -0.2) is 13.4 Å². The van der Waals surface area contributed by atoms with E-state index in [0.29, 0.717) is 16.1 Å². The van der Waals surface area contributed by atoms with Gasteiger partial charge in [-0.1, -0.05) is 48.9 Å². The van der Waals surface area contributed by atoms with Gasteiger partial charge in [0.25, 0.3) is 10.0 Å². The van der Waals surface area contributed by atoms with Crippen molar-refractivity contribution in [2.45, 2.75) is 24.4 Å². The molecule has 0 bridgehead atoms. The summed E-state index contributed by atoms with van der Waals surface area (Å²) in [6.45, 7) is 5.02. The van der Waals surface area contributed by atoms with E-state index in [1.165, 1.54) is 23.0 Å². The van der Waals surface area contributed by atoms with E-state index in [0.717, 1.165) is 25.3 Å². The molecular weight excluding hydrogens is 440 g/mol.